The molecule has 0 amide bonds. The van der Waals surface area contributed by atoms with Crippen LogP contribution in [-0.2, 0) is 16.6 Å². The molecule has 0 bridgehead atoms. The van der Waals surface area contributed by atoms with E-state index in [0.717, 1.165) is 24.9 Å². The Hall–Kier alpha value is -0.910. The third kappa shape index (κ3) is 6.16. The van der Waals surface area contributed by atoms with Crippen LogP contribution in [0, 0.1) is 5.92 Å². The average molecular weight is 312 g/mol. The van der Waals surface area contributed by atoms with Crippen LogP contribution in [0.3, 0.4) is 0 Å². The van der Waals surface area contributed by atoms with Crippen molar-refractivity contribution < 1.29 is 8.42 Å². The monoisotopic (exact) mass is 312 g/mol. The Morgan fingerprint density at radius 1 is 1.14 bits per heavy atom. The minimum absolute atomic E-state index is 0.0633. The van der Waals surface area contributed by atoms with Gasteiger partial charge in [0.25, 0.3) is 0 Å². The van der Waals surface area contributed by atoms with Gasteiger partial charge >= 0.3 is 0 Å². The van der Waals surface area contributed by atoms with Gasteiger partial charge in [0.2, 0.25) is 10.0 Å². The third-order valence-corrected chi connectivity index (χ3v) is 4.88. The van der Waals surface area contributed by atoms with Crippen LogP contribution in [0.1, 0.15) is 46.1 Å². The zero-order valence-electron chi connectivity index (χ0n) is 13.5. The van der Waals surface area contributed by atoms with Gasteiger partial charge in [-0.3, -0.25) is 0 Å². The summed E-state index contributed by atoms with van der Waals surface area (Å²) in [5.74, 6) is 0.462. The Kier molecular flexibility index (Phi) is 7.35. The van der Waals surface area contributed by atoms with Gasteiger partial charge in [0.1, 0.15) is 0 Å². The van der Waals surface area contributed by atoms with E-state index in [1.54, 1.807) is 12.1 Å². The molecule has 0 radical (unpaired) electrons. The van der Waals surface area contributed by atoms with E-state index in [1.165, 1.54) is 0 Å². The topological polar surface area (TPSA) is 58.2 Å². The van der Waals surface area contributed by atoms with Crippen LogP contribution >= 0.6 is 0 Å². The van der Waals surface area contributed by atoms with Crippen molar-refractivity contribution in [2.24, 2.45) is 5.92 Å². The van der Waals surface area contributed by atoms with E-state index in [1.807, 2.05) is 19.1 Å². The summed E-state index contributed by atoms with van der Waals surface area (Å²) in [5.41, 5.74) is 0.815. The van der Waals surface area contributed by atoms with Gasteiger partial charge in [0, 0.05) is 12.6 Å². The molecule has 0 saturated carbocycles. The van der Waals surface area contributed by atoms with Crippen LogP contribution in [-0.4, -0.2) is 21.0 Å². The van der Waals surface area contributed by atoms with Gasteiger partial charge in [-0.25, -0.2) is 13.1 Å². The zero-order chi connectivity index (χ0) is 15.9. The number of benzene rings is 1. The molecule has 120 valence electrons. The minimum atomic E-state index is -3.46. The highest BCUT2D eigenvalue weighted by Gasteiger charge is 2.20. The molecule has 0 aliphatic rings. The maximum absolute atomic E-state index is 12.5. The van der Waals surface area contributed by atoms with Gasteiger partial charge < -0.3 is 5.32 Å². The first kappa shape index (κ1) is 18.1. The van der Waals surface area contributed by atoms with Crippen molar-refractivity contribution in [1.82, 2.24) is 10.0 Å². The lowest BCUT2D eigenvalue weighted by Crippen LogP contribution is -2.34. The van der Waals surface area contributed by atoms with Crippen molar-refractivity contribution in [2.45, 2.75) is 58.0 Å². The summed E-state index contributed by atoms with van der Waals surface area (Å²) in [4.78, 5) is 0.379. The zero-order valence-corrected chi connectivity index (χ0v) is 14.3. The van der Waals surface area contributed by atoms with Crippen LogP contribution < -0.4 is 10.0 Å². The first-order valence-electron chi connectivity index (χ1n) is 7.67. The first-order chi connectivity index (χ1) is 9.86. The number of nitrogens with one attached hydrogen (secondary N) is 2. The van der Waals surface area contributed by atoms with Crippen molar-refractivity contribution in [1.29, 1.82) is 0 Å². The fourth-order valence-electron chi connectivity index (χ4n) is 2.40. The molecule has 1 aromatic rings. The lowest BCUT2D eigenvalue weighted by molar-refractivity contribution is 0.482. The summed E-state index contributed by atoms with van der Waals surface area (Å²) < 4.78 is 27.9. The van der Waals surface area contributed by atoms with E-state index < -0.39 is 10.0 Å². The van der Waals surface area contributed by atoms with Crippen molar-refractivity contribution in [3.05, 3.63) is 29.8 Å². The smallest absolute Gasteiger partial charge is 0.241 e. The molecule has 4 nitrogen and oxygen atoms in total. The van der Waals surface area contributed by atoms with Crippen molar-refractivity contribution in [3.8, 4) is 0 Å². The Morgan fingerprint density at radius 3 is 2.43 bits per heavy atom. The molecule has 0 saturated heterocycles. The molecule has 1 rings (SSSR count). The van der Waals surface area contributed by atoms with Gasteiger partial charge in [0.15, 0.2) is 0 Å². The summed E-state index contributed by atoms with van der Waals surface area (Å²) in [5, 5.41) is 3.26. The quantitative estimate of drug-likeness (QED) is 0.689. The van der Waals surface area contributed by atoms with Gasteiger partial charge in [-0.1, -0.05) is 39.0 Å². The molecular weight excluding hydrogens is 284 g/mol. The van der Waals surface area contributed by atoms with E-state index in [0.29, 0.717) is 17.4 Å². The average Bonchev–Trinajstić information content (AvgIpc) is 2.37. The Labute approximate surface area is 129 Å². The summed E-state index contributed by atoms with van der Waals surface area (Å²) in [6, 6.07) is 7.12. The fourth-order valence-corrected chi connectivity index (χ4v) is 3.89. The number of rotatable bonds is 9. The van der Waals surface area contributed by atoms with Crippen molar-refractivity contribution in [3.63, 3.8) is 0 Å². The summed E-state index contributed by atoms with van der Waals surface area (Å²) in [6.45, 7) is 9.64. The Bertz CT molecular complexity index is 527. The number of hydrogen-bond acceptors (Lipinski definition) is 3. The van der Waals surface area contributed by atoms with Crippen LogP contribution in [0.2, 0.25) is 0 Å². The molecule has 1 atom stereocenters. The lowest BCUT2D eigenvalue weighted by Gasteiger charge is -2.18. The maximum Gasteiger partial charge on any atom is 0.241 e. The Morgan fingerprint density at radius 2 is 1.81 bits per heavy atom. The molecule has 0 spiro atoms. The highest BCUT2D eigenvalue weighted by atomic mass is 32.2. The SMILES string of the molecule is CCCNCc1ccccc1S(=O)(=O)NC(C)CC(C)C. The van der Waals surface area contributed by atoms with Crippen LogP contribution in [0.4, 0.5) is 0 Å². The van der Waals surface area contributed by atoms with E-state index in [2.05, 4.69) is 30.8 Å². The minimum Gasteiger partial charge on any atom is -0.313 e. The summed E-state index contributed by atoms with van der Waals surface area (Å²) >= 11 is 0. The van der Waals surface area contributed by atoms with Gasteiger partial charge in [-0.05, 0) is 43.9 Å². The van der Waals surface area contributed by atoms with Crippen molar-refractivity contribution >= 4 is 10.0 Å². The third-order valence-electron chi connectivity index (χ3n) is 3.19. The highest BCUT2D eigenvalue weighted by molar-refractivity contribution is 7.89. The molecule has 1 aromatic carbocycles. The van der Waals surface area contributed by atoms with Crippen LogP contribution in [0.5, 0.6) is 0 Å². The molecule has 21 heavy (non-hydrogen) atoms. The van der Waals surface area contributed by atoms with Gasteiger partial charge in [0.05, 0.1) is 4.90 Å². The fraction of sp³-hybridized carbons (Fsp3) is 0.625. The van der Waals surface area contributed by atoms with E-state index in [4.69, 9.17) is 0 Å². The lowest BCUT2D eigenvalue weighted by atomic mass is 10.1. The van der Waals surface area contributed by atoms with Crippen molar-refractivity contribution in [2.75, 3.05) is 6.54 Å². The number of hydrogen-bond donors (Lipinski definition) is 2. The molecule has 0 aromatic heterocycles. The molecular formula is C16H28N2O2S. The molecule has 1 unspecified atom stereocenters. The van der Waals surface area contributed by atoms with E-state index in [-0.39, 0.29) is 6.04 Å². The second kappa shape index (κ2) is 8.51. The molecule has 0 aliphatic heterocycles. The summed E-state index contributed by atoms with van der Waals surface area (Å²) in [7, 11) is -3.46. The highest BCUT2D eigenvalue weighted by Crippen LogP contribution is 2.17. The van der Waals surface area contributed by atoms with E-state index >= 15 is 0 Å². The standard InChI is InChI=1S/C16H28N2O2S/c1-5-10-17-12-15-8-6-7-9-16(15)21(19,20)18-14(4)11-13(2)3/h6-9,13-14,17-18H,5,10-12H2,1-4H3. The summed E-state index contributed by atoms with van der Waals surface area (Å²) in [6.07, 6.45) is 1.86. The predicted molar refractivity (Wildman–Crippen MR) is 87.7 cm³/mol. The molecule has 0 heterocycles. The van der Waals surface area contributed by atoms with Crippen LogP contribution in [0.15, 0.2) is 29.2 Å². The molecule has 5 heteroatoms. The van der Waals surface area contributed by atoms with Gasteiger partial charge in [-0.15, -0.1) is 0 Å². The second-order valence-electron chi connectivity index (χ2n) is 5.94. The normalized spacial score (nSPS) is 13.6. The Balaban J connectivity index is 2.87. The second-order valence-corrected chi connectivity index (χ2v) is 7.62. The number of sulfonamides is 1. The van der Waals surface area contributed by atoms with Gasteiger partial charge in [-0.2, -0.15) is 0 Å². The van der Waals surface area contributed by atoms with E-state index in [9.17, 15) is 8.42 Å². The first-order valence-corrected chi connectivity index (χ1v) is 9.16. The molecule has 0 aliphatic carbocycles. The van der Waals surface area contributed by atoms with Crippen LogP contribution in [0.25, 0.3) is 0 Å². The predicted octanol–water partition coefficient (Wildman–Crippen LogP) is 2.90. The molecule has 0 fully saturated rings. The maximum atomic E-state index is 12.5. The molecule has 2 N–H and O–H groups in total. The largest absolute Gasteiger partial charge is 0.313 e.